The van der Waals surface area contributed by atoms with Crippen LogP contribution < -0.4 is 5.32 Å². The van der Waals surface area contributed by atoms with E-state index in [0.29, 0.717) is 139 Å². The Hall–Kier alpha value is -1.58. The van der Waals surface area contributed by atoms with Gasteiger partial charge < -0.3 is 66.9 Å². The van der Waals surface area contributed by atoms with Crippen molar-refractivity contribution in [3.05, 3.63) is 0 Å². The van der Waals surface area contributed by atoms with Crippen LogP contribution in [0.4, 0.5) is 0 Å². The Labute approximate surface area is 419 Å². The Morgan fingerprint density at radius 1 is 0.333 bits per heavy atom. The van der Waals surface area contributed by atoms with Crippen molar-refractivity contribution in [1.82, 2.24) is 10.2 Å². The van der Waals surface area contributed by atoms with Crippen LogP contribution in [0.5, 0.6) is 0 Å². The first-order valence-electron chi connectivity index (χ1n) is 27.1. The van der Waals surface area contributed by atoms with E-state index in [1.807, 2.05) is 0 Å². The Bertz CT molecular complexity index is 1010. The number of carbonyl (C=O) groups is 2. The molecule has 69 heavy (non-hydrogen) atoms. The van der Waals surface area contributed by atoms with Gasteiger partial charge in [0.1, 0.15) is 19.9 Å². The van der Waals surface area contributed by atoms with E-state index in [1.165, 1.54) is 116 Å². The van der Waals surface area contributed by atoms with E-state index in [0.717, 1.165) is 26.1 Å². The molecule has 0 aliphatic heterocycles. The number of unbranched alkanes of at least 4 members (excludes halogenated alkanes) is 18. The van der Waals surface area contributed by atoms with Crippen LogP contribution in [0.15, 0.2) is 0 Å². The first-order chi connectivity index (χ1) is 34.1. The van der Waals surface area contributed by atoms with Crippen LogP contribution >= 0.6 is 0 Å². The van der Waals surface area contributed by atoms with E-state index in [9.17, 15) is 9.59 Å². The highest BCUT2D eigenvalue weighted by Crippen LogP contribution is 2.11. The van der Waals surface area contributed by atoms with Crippen LogP contribution in [0.25, 0.3) is 0 Å². The van der Waals surface area contributed by atoms with Gasteiger partial charge in [-0.3, -0.25) is 9.69 Å². The maximum Gasteiger partial charge on any atom is 0.333 e. The molecule has 0 aliphatic carbocycles. The molecule has 0 aromatic carbocycles. The second kappa shape index (κ2) is 60.7. The molecule has 0 aliphatic rings. The zero-order chi connectivity index (χ0) is 49.9. The molecule has 0 aromatic rings. The summed E-state index contributed by atoms with van der Waals surface area (Å²) in [6, 6.07) is 0. The highest BCUT2D eigenvalue weighted by Gasteiger charge is 2.07. The third-order valence-electron chi connectivity index (χ3n) is 10.7. The average Bonchev–Trinajstić information content (AvgIpc) is 3.35. The predicted molar refractivity (Wildman–Crippen MR) is 270 cm³/mol. The molecule has 412 valence electrons. The number of nitrogens with one attached hydrogen (secondary N) is 1. The normalized spacial score (nSPS) is 11.6. The van der Waals surface area contributed by atoms with Crippen molar-refractivity contribution in [2.75, 3.05) is 185 Å². The minimum absolute atomic E-state index is 0.0675. The Balaban J connectivity index is 3.29. The molecule has 1 amide bonds. The zero-order valence-electron chi connectivity index (χ0n) is 44.3. The molecule has 0 aromatic heterocycles. The maximum atomic E-state index is 12.0. The number of amides is 1. The molecule has 1 N–H and O–H groups in total. The van der Waals surface area contributed by atoms with Crippen molar-refractivity contribution < 1.29 is 71.2 Å². The van der Waals surface area contributed by atoms with E-state index in [-0.39, 0.29) is 32.5 Å². The zero-order valence-corrected chi connectivity index (χ0v) is 44.3. The van der Waals surface area contributed by atoms with Gasteiger partial charge in [0.25, 0.3) is 0 Å². The lowest BCUT2D eigenvalue weighted by Crippen LogP contribution is -2.36. The number of hydrogen-bond donors (Lipinski definition) is 1. The predicted octanol–water partition coefficient (Wildman–Crippen LogP) is 7.58. The summed E-state index contributed by atoms with van der Waals surface area (Å²) in [7, 11) is 1.78. The van der Waals surface area contributed by atoms with Gasteiger partial charge in [-0.05, 0) is 19.9 Å². The highest BCUT2D eigenvalue weighted by molar-refractivity contribution is 5.77. The van der Waals surface area contributed by atoms with Crippen molar-refractivity contribution in [3.8, 4) is 0 Å². The number of rotatable bonds is 61. The molecule has 0 rings (SSSR count). The summed E-state index contributed by atoms with van der Waals surface area (Å²) in [4.78, 5) is 25.8. The number of ether oxygens (including phenoxy) is 13. The van der Waals surface area contributed by atoms with Crippen molar-refractivity contribution >= 4 is 11.9 Å². The largest absolute Gasteiger partial charge is 0.448 e. The van der Waals surface area contributed by atoms with Crippen LogP contribution in [0.1, 0.15) is 142 Å². The minimum Gasteiger partial charge on any atom is -0.448 e. The van der Waals surface area contributed by atoms with Gasteiger partial charge >= 0.3 is 5.97 Å². The molecule has 0 bridgehead atoms. The van der Waals surface area contributed by atoms with Crippen molar-refractivity contribution in [2.45, 2.75) is 142 Å². The van der Waals surface area contributed by atoms with E-state index in [1.54, 1.807) is 11.9 Å². The first-order valence-corrected chi connectivity index (χ1v) is 27.1. The van der Waals surface area contributed by atoms with E-state index < -0.39 is 5.97 Å². The molecule has 0 unspecified atom stereocenters. The molecule has 0 heterocycles. The lowest BCUT2D eigenvalue weighted by molar-refractivity contribution is -0.153. The SMILES string of the molecule is CCCCCCCCCCCCOCCOCCOCCOCCOCCOCC(=O)NCCN(C)COC(=O)COCCOCCOCCOCCOCCOCCCCCCCCCCCC. The van der Waals surface area contributed by atoms with Gasteiger partial charge in [0.2, 0.25) is 5.91 Å². The average molecular weight is 997 g/mol. The number of esters is 1. The summed E-state index contributed by atoms with van der Waals surface area (Å²) in [6.45, 7) is 16.3. The second-order valence-electron chi connectivity index (χ2n) is 17.2. The lowest BCUT2D eigenvalue weighted by atomic mass is 10.1. The summed E-state index contributed by atoms with van der Waals surface area (Å²) in [5.74, 6) is -0.715. The maximum absolute atomic E-state index is 12.0. The van der Waals surface area contributed by atoms with Crippen molar-refractivity contribution in [2.24, 2.45) is 0 Å². The second-order valence-corrected chi connectivity index (χ2v) is 17.2. The van der Waals surface area contributed by atoms with Crippen LogP contribution in [-0.2, 0) is 71.2 Å². The van der Waals surface area contributed by atoms with Crippen LogP contribution in [0.2, 0.25) is 0 Å². The van der Waals surface area contributed by atoms with Gasteiger partial charge in [0.15, 0.2) is 0 Å². The van der Waals surface area contributed by atoms with E-state index in [2.05, 4.69) is 19.2 Å². The molecule has 0 saturated carbocycles. The minimum atomic E-state index is -0.480. The monoisotopic (exact) mass is 997 g/mol. The molecular weight excluding hydrogens is 893 g/mol. The van der Waals surface area contributed by atoms with Gasteiger partial charge in [0.05, 0.1) is 132 Å². The summed E-state index contributed by atoms with van der Waals surface area (Å²) >= 11 is 0. The smallest absolute Gasteiger partial charge is 0.333 e. The molecule has 0 fully saturated rings. The third-order valence-corrected chi connectivity index (χ3v) is 10.7. The van der Waals surface area contributed by atoms with E-state index >= 15 is 0 Å². The standard InChI is InChI=1S/C52H104N2O15/c1-4-6-8-10-12-14-16-18-20-22-26-57-28-30-59-32-34-61-36-38-63-40-42-65-44-46-67-48-51(55)53-24-25-54(3)50-69-52(56)49-68-47-45-66-43-41-64-39-37-62-35-33-60-31-29-58-27-23-21-19-17-15-13-11-9-7-5-2/h4-50H2,1-3H3,(H,53,55). The quantitative estimate of drug-likeness (QED) is 0.0359. The topological polar surface area (TPSA) is 169 Å². The number of likely N-dealkylation sites (N-methyl/N-ethyl adjacent to an activating group) is 1. The molecule has 0 atom stereocenters. The van der Waals surface area contributed by atoms with Crippen molar-refractivity contribution in [1.29, 1.82) is 0 Å². The Morgan fingerprint density at radius 2 is 0.594 bits per heavy atom. The van der Waals surface area contributed by atoms with Gasteiger partial charge in [-0.1, -0.05) is 129 Å². The number of hydrogen-bond acceptors (Lipinski definition) is 16. The molecular formula is C52H104N2O15. The van der Waals surface area contributed by atoms with Gasteiger partial charge in [-0.2, -0.15) is 0 Å². The van der Waals surface area contributed by atoms with E-state index in [4.69, 9.17) is 61.6 Å². The van der Waals surface area contributed by atoms with Crippen LogP contribution in [0.3, 0.4) is 0 Å². The molecule has 17 heteroatoms. The molecule has 17 nitrogen and oxygen atoms in total. The molecule has 0 spiro atoms. The Kier molecular flexibility index (Phi) is 59.3. The number of carbonyl (C=O) groups excluding carboxylic acids is 2. The third kappa shape index (κ3) is 60.6. The summed E-state index contributed by atoms with van der Waals surface area (Å²) in [5.41, 5.74) is 0. The van der Waals surface area contributed by atoms with Gasteiger partial charge in [-0.15, -0.1) is 0 Å². The first kappa shape index (κ1) is 67.4. The highest BCUT2D eigenvalue weighted by atomic mass is 16.6. The fourth-order valence-corrected chi connectivity index (χ4v) is 6.63. The number of nitrogens with zero attached hydrogens (tertiary/aromatic N) is 1. The fourth-order valence-electron chi connectivity index (χ4n) is 6.63. The van der Waals surface area contributed by atoms with Crippen LogP contribution in [-0.4, -0.2) is 202 Å². The summed E-state index contributed by atoms with van der Waals surface area (Å²) in [5, 5.41) is 2.77. The lowest BCUT2D eigenvalue weighted by Gasteiger charge is -2.17. The van der Waals surface area contributed by atoms with Gasteiger partial charge in [-0.25, -0.2) is 4.79 Å². The van der Waals surface area contributed by atoms with Crippen LogP contribution in [0, 0.1) is 0 Å². The summed E-state index contributed by atoms with van der Waals surface area (Å²) in [6.07, 6.45) is 26.6. The van der Waals surface area contributed by atoms with Gasteiger partial charge in [0, 0.05) is 26.3 Å². The Morgan fingerprint density at radius 3 is 0.913 bits per heavy atom. The fraction of sp³-hybridized carbons (Fsp3) is 0.962. The van der Waals surface area contributed by atoms with Crippen molar-refractivity contribution in [3.63, 3.8) is 0 Å². The summed E-state index contributed by atoms with van der Waals surface area (Å²) < 4.78 is 71.3. The molecule has 0 saturated heterocycles. The molecule has 0 radical (unpaired) electrons.